The fourth-order valence-corrected chi connectivity index (χ4v) is 3.17. The largest absolute Gasteiger partial charge is 0.381 e. The SMILES string of the molecule is CCOC1CCN(C(=NC)NCCCOC2CCOCC2)CC1.I. The van der Waals surface area contributed by atoms with Gasteiger partial charge in [-0.25, -0.2) is 0 Å². The average molecular weight is 455 g/mol. The number of halogens is 1. The van der Waals surface area contributed by atoms with Gasteiger partial charge in [-0.2, -0.15) is 0 Å². The summed E-state index contributed by atoms with van der Waals surface area (Å²) in [5.74, 6) is 1.01. The molecule has 0 aromatic carbocycles. The molecule has 2 fully saturated rings. The van der Waals surface area contributed by atoms with Gasteiger partial charge in [-0.05, 0) is 39.0 Å². The molecule has 0 aromatic rings. The first-order valence-electron chi connectivity index (χ1n) is 9.10. The lowest BCUT2D eigenvalue weighted by Gasteiger charge is -2.34. The highest BCUT2D eigenvalue weighted by atomic mass is 127. The normalized spacial score (nSPS) is 20.8. The molecule has 2 aliphatic rings. The van der Waals surface area contributed by atoms with Gasteiger partial charge in [-0.1, -0.05) is 0 Å². The second-order valence-electron chi connectivity index (χ2n) is 6.15. The maximum atomic E-state index is 5.89. The molecule has 6 nitrogen and oxygen atoms in total. The molecule has 0 radical (unpaired) electrons. The Labute approximate surface area is 163 Å². The first kappa shape index (κ1) is 21.9. The van der Waals surface area contributed by atoms with Crippen molar-refractivity contribution in [3.8, 4) is 0 Å². The summed E-state index contributed by atoms with van der Waals surface area (Å²) >= 11 is 0. The van der Waals surface area contributed by atoms with Crippen LogP contribution in [0.3, 0.4) is 0 Å². The molecule has 2 aliphatic heterocycles. The molecule has 0 amide bonds. The predicted molar refractivity (Wildman–Crippen MR) is 107 cm³/mol. The average Bonchev–Trinajstić information content (AvgIpc) is 2.60. The Morgan fingerprint density at radius 2 is 1.79 bits per heavy atom. The summed E-state index contributed by atoms with van der Waals surface area (Å²) in [7, 11) is 1.86. The minimum Gasteiger partial charge on any atom is -0.381 e. The molecule has 142 valence electrons. The van der Waals surface area contributed by atoms with E-state index < -0.39 is 0 Å². The van der Waals surface area contributed by atoms with Gasteiger partial charge in [0.1, 0.15) is 0 Å². The van der Waals surface area contributed by atoms with Crippen LogP contribution in [0.2, 0.25) is 0 Å². The summed E-state index contributed by atoms with van der Waals surface area (Å²) in [5.41, 5.74) is 0. The summed E-state index contributed by atoms with van der Waals surface area (Å²) in [6, 6.07) is 0. The van der Waals surface area contributed by atoms with Crippen LogP contribution in [0.4, 0.5) is 0 Å². The summed E-state index contributed by atoms with van der Waals surface area (Å²) in [6.07, 6.45) is 6.05. The van der Waals surface area contributed by atoms with Gasteiger partial charge in [0.2, 0.25) is 0 Å². The smallest absolute Gasteiger partial charge is 0.193 e. The fraction of sp³-hybridized carbons (Fsp3) is 0.941. The first-order chi connectivity index (χ1) is 11.3. The van der Waals surface area contributed by atoms with Gasteiger partial charge < -0.3 is 24.4 Å². The van der Waals surface area contributed by atoms with E-state index in [0.29, 0.717) is 12.2 Å². The van der Waals surface area contributed by atoms with Crippen LogP contribution in [0.25, 0.3) is 0 Å². The van der Waals surface area contributed by atoms with Gasteiger partial charge in [0.25, 0.3) is 0 Å². The van der Waals surface area contributed by atoms with Crippen LogP contribution in [0, 0.1) is 0 Å². The minimum absolute atomic E-state index is 0. The molecule has 0 bridgehead atoms. The van der Waals surface area contributed by atoms with Crippen molar-refractivity contribution >= 4 is 29.9 Å². The van der Waals surface area contributed by atoms with Crippen LogP contribution in [-0.2, 0) is 14.2 Å². The van der Waals surface area contributed by atoms with E-state index in [1.165, 1.54) is 0 Å². The highest BCUT2D eigenvalue weighted by Crippen LogP contribution is 2.14. The van der Waals surface area contributed by atoms with Gasteiger partial charge in [0.15, 0.2) is 5.96 Å². The summed E-state index contributed by atoms with van der Waals surface area (Å²) in [6.45, 7) is 8.30. The molecule has 7 heteroatoms. The van der Waals surface area contributed by atoms with E-state index in [1.54, 1.807) is 0 Å². The minimum atomic E-state index is 0. The number of guanidine groups is 1. The van der Waals surface area contributed by atoms with E-state index in [1.807, 2.05) is 7.05 Å². The van der Waals surface area contributed by atoms with E-state index in [9.17, 15) is 0 Å². The van der Waals surface area contributed by atoms with Crippen molar-refractivity contribution in [2.24, 2.45) is 4.99 Å². The van der Waals surface area contributed by atoms with Gasteiger partial charge in [0, 0.05) is 53.1 Å². The maximum Gasteiger partial charge on any atom is 0.193 e. The topological polar surface area (TPSA) is 55.3 Å². The van der Waals surface area contributed by atoms with E-state index in [0.717, 1.165) is 84.1 Å². The van der Waals surface area contributed by atoms with Gasteiger partial charge in [0.05, 0.1) is 12.2 Å². The number of nitrogens with one attached hydrogen (secondary N) is 1. The van der Waals surface area contributed by atoms with Crippen molar-refractivity contribution in [1.82, 2.24) is 10.2 Å². The molecule has 0 unspecified atom stereocenters. The van der Waals surface area contributed by atoms with Crippen LogP contribution in [-0.4, -0.2) is 76.2 Å². The van der Waals surface area contributed by atoms with Gasteiger partial charge >= 0.3 is 0 Å². The molecule has 2 rings (SSSR count). The Balaban J connectivity index is 0.00000288. The van der Waals surface area contributed by atoms with Crippen molar-refractivity contribution in [1.29, 1.82) is 0 Å². The van der Waals surface area contributed by atoms with Crippen molar-refractivity contribution in [3.05, 3.63) is 0 Å². The summed E-state index contributed by atoms with van der Waals surface area (Å²) in [5, 5.41) is 3.45. The monoisotopic (exact) mass is 455 g/mol. The number of hydrogen-bond donors (Lipinski definition) is 1. The number of ether oxygens (including phenoxy) is 3. The molecule has 0 spiro atoms. The Morgan fingerprint density at radius 1 is 1.12 bits per heavy atom. The quantitative estimate of drug-likeness (QED) is 0.276. The molecule has 24 heavy (non-hydrogen) atoms. The van der Waals surface area contributed by atoms with Crippen molar-refractivity contribution in [2.75, 3.05) is 53.1 Å². The molecule has 0 aromatic heterocycles. The van der Waals surface area contributed by atoms with E-state index in [4.69, 9.17) is 14.2 Å². The third-order valence-corrected chi connectivity index (χ3v) is 4.48. The van der Waals surface area contributed by atoms with Crippen LogP contribution < -0.4 is 5.32 Å². The van der Waals surface area contributed by atoms with Gasteiger partial charge in [-0.15, -0.1) is 24.0 Å². The molecular formula is C17H34IN3O3. The Kier molecular flexibility index (Phi) is 12.0. The maximum absolute atomic E-state index is 5.89. The number of nitrogens with zero attached hydrogens (tertiary/aromatic N) is 2. The Morgan fingerprint density at radius 3 is 2.42 bits per heavy atom. The van der Waals surface area contributed by atoms with Crippen molar-refractivity contribution < 1.29 is 14.2 Å². The first-order valence-corrected chi connectivity index (χ1v) is 9.10. The zero-order valence-corrected chi connectivity index (χ0v) is 17.5. The molecule has 2 heterocycles. The Bertz CT molecular complexity index is 344. The lowest BCUT2D eigenvalue weighted by Crippen LogP contribution is -2.47. The second kappa shape index (κ2) is 13.1. The molecule has 0 saturated carbocycles. The molecule has 0 aliphatic carbocycles. The molecule has 0 atom stereocenters. The highest BCUT2D eigenvalue weighted by Gasteiger charge is 2.21. The van der Waals surface area contributed by atoms with E-state index in [-0.39, 0.29) is 24.0 Å². The number of hydrogen-bond acceptors (Lipinski definition) is 4. The zero-order valence-electron chi connectivity index (χ0n) is 15.2. The molecular weight excluding hydrogens is 421 g/mol. The van der Waals surface area contributed by atoms with Gasteiger partial charge in [-0.3, -0.25) is 4.99 Å². The third kappa shape index (κ3) is 7.84. The van der Waals surface area contributed by atoms with Crippen LogP contribution in [0.15, 0.2) is 4.99 Å². The number of piperidine rings is 1. The standard InChI is InChI=1S/C17H33N3O3.HI/c1-3-22-15-5-10-20(11-6-15)17(18-2)19-9-4-12-23-16-7-13-21-14-8-16;/h15-16H,3-14H2,1-2H3,(H,18,19);1H. The number of likely N-dealkylation sites (tertiary alicyclic amines) is 1. The fourth-order valence-electron chi connectivity index (χ4n) is 3.17. The van der Waals surface area contributed by atoms with Crippen molar-refractivity contribution in [3.63, 3.8) is 0 Å². The number of aliphatic imine (C=N–C) groups is 1. The second-order valence-corrected chi connectivity index (χ2v) is 6.15. The van der Waals surface area contributed by atoms with Crippen molar-refractivity contribution in [2.45, 2.75) is 51.2 Å². The molecule has 2 saturated heterocycles. The van der Waals surface area contributed by atoms with E-state index in [2.05, 4.69) is 22.1 Å². The molecule has 1 N–H and O–H groups in total. The lowest BCUT2D eigenvalue weighted by molar-refractivity contribution is -0.0320. The Hall–Kier alpha value is -0.120. The van der Waals surface area contributed by atoms with Crippen LogP contribution in [0.1, 0.15) is 39.0 Å². The summed E-state index contributed by atoms with van der Waals surface area (Å²) in [4.78, 5) is 6.73. The lowest BCUT2D eigenvalue weighted by atomic mass is 10.1. The third-order valence-electron chi connectivity index (χ3n) is 4.48. The zero-order chi connectivity index (χ0) is 16.3. The number of rotatable bonds is 7. The predicted octanol–water partition coefficient (Wildman–Crippen LogP) is 2.27. The summed E-state index contributed by atoms with van der Waals surface area (Å²) < 4.78 is 16.9. The van der Waals surface area contributed by atoms with Crippen LogP contribution >= 0.6 is 24.0 Å². The van der Waals surface area contributed by atoms with Crippen LogP contribution in [0.5, 0.6) is 0 Å². The highest BCUT2D eigenvalue weighted by molar-refractivity contribution is 14.0. The van der Waals surface area contributed by atoms with E-state index >= 15 is 0 Å².